The summed E-state index contributed by atoms with van der Waals surface area (Å²) in [5.74, 6) is 0. The Labute approximate surface area is 103 Å². The van der Waals surface area contributed by atoms with Gasteiger partial charge in [-0.3, -0.25) is 0 Å². The van der Waals surface area contributed by atoms with Crippen molar-refractivity contribution in [2.24, 2.45) is 0 Å². The average Bonchev–Trinajstić information content (AvgIpc) is 2.34. The van der Waals surface area contributed by atoms with Crippen molar-refractivity contribution in [3.05, 3.63) is 0 Å². The molecule has 0 aromatic heterocycles. The molecule has 0 atom stereocenters. The van der Waals surface area contributed by atoms with E-state index in [1.807, 2.05) is 13.8 Å². The van der Waals surface area contributed by atoms with E-state index in [2.05, 4.69) is 19.2 Å². The summed E-state index contributed by atoms with van der Waals surface area (Å²) in [5.41, 5.74) is 0. The Bertz CT molecular complexity index is 84.7. The summed E-state index contributed by atoms with van der Waals surface area (Å²) in [6, 6.07) is 0. The summed E-state index contributed by atoms with van der Waals surface area (Å²) >= 11 is 0. The first-order chi connectivity index (χ1) is 7.91. The van der Waals surface area contributed by atoms with Crippen molar-refractivity contribution in [1.82, 2.24) is 5.32 Å². The van der Waals surface area contributed by atoms with E-state index in [9.17, 15) is 0 Å². The van der Waals surface area contributed by atoms with E-state index in [1.54, 1.807) is 0 Å². The first kappa shape index (κ1) is 18.3. The van der Waals surface area contributed by atoms with Crippen molar-refractivity contribution in [1.29, 1.82) is 0 Å². The number of hydrogen-bond acceptors (Lipinski definition) is 2. The maximum Gasteiger partial charge on any atom is 0.0466 e. The summed E-state index contributed by atoms with van der Waals surface area (Å²) in [5, 5.41) is 3.39. The Hall–Kier alpha value is -0.0800. The molecule has 0 bridgehead atoms. The zero-order chi connectivity index (χ0) is 12.5. The molecule has 0 aliphatic rings. The van der Waals surface area contributed by atoms with Crippen LogP contribution in [-0.4, -0.2) is 26.3 Å². The highest BCUT2D eigenvalue weighted by Crippen LogP contribution is 1.95. The van der Waals surface area contributed by atoms with Crippen LogP contribution in [0.3, 0.4) is 0 Å². The zero-order valence-electron chi connectivity index (χ0n) is 12.0. The van der Waals surface area contributed by atoms with Crippen LogP contribution in [0.4, 0.5) is 0 Å². The molecule has 2 heteroatoms. The van der Waals surface area contributed by atoms with Gasteiger partial charge in [-0.25, -0.2) is 0 Å². The Morgan fingerprint density at radius 1 is 0.750 bits per heavy atom. The van der Waals surface area contributed by atoms with Gasteiger partial charge in [-0.05, 0) is 38.8 Å². The molecule has 0 rings (SSSR count). The molecule has 0 spiro atoms. The Balaban J connectivity index is 0. The second kappa shape index (κ2) is 20.3. The summed E-state index contributed by atoms with van der Waals surface area (Å²) in [6.07, 6.45) is 7.48. The first-order valence-electron chi connectivity index (χ1n) is 7.20. The quantitative estimate of drug-likeness (QED) is 0.543. The van der Waals surface area contributed by atoms with E-state index < -0.39 is 0 Å². The van der Waals surface area contributed by atoms with E-state index in [-0.39, 0.29) is 0 Å². The van der Waals surface area contributed by atoms with Crippen molar-refractivity contribution in [3.8, 4) is 0 Å². The van der Waals surface area contributed by atoms with Crippen LogP contribution in [0.1, 0.15) is 66.2 Å². The van der Waals surface area contributed by atoms with E-state index >= 15 is 0 Å². The van der Waals surface area contributed by atoms with E-state index in [0.717, 1.165) is 26.3 Å². The molecule has 0 saturated heterocycles. The van der Waals surface area contributed by atoms with Crippen LogP contribution in [0, 0.1) is 0 Å². The molecule has 0 aliphatic heterocycles. The molecule has 0 aromatic rings. The Morgan fingerprint density at radius 3 is 1.94 bits per heavy atom. The van der Waals surface area contributed by atoms with Gasteiger partial charge < -0.3 is 10.1 Å². The van der Waals surface area contributed by atoms with Gasteiger partial charge in [0, 0.05) is 13.2 Å². The van der Waals surface area contributed by atoms with Crippen molar-refractivity contribution < 1.29 is 4.74 Å². The van der Waals surface area contributed by atoms with E-state index in [4.69, 9.17) is 4.74 Å². The smallest absolute Gasteiger partial charge is 0.0466 e. The third-order valence-corrected chi connectivity index (χ3v) is 2.21. The molecule has 1 N–H and O–H groups in total. The molecule has 100 valence electrons. The molecule has 0 aromatic carbocycles. The Kier molecular flexibility index (Phi) is 23.3. The molecule has 0 aliphatic carbocycles. The fourth-order valence-electron chi connectivity index (χ4n) is 1.31. The first-order valence-corrected chi connectivity index (χ1v) is 7.20. The molecule has 0 amide bonds. The number of rotatable bonds is 11. The molecule has 0 unspecified atom stereocenters. The van der Waals surface area contributed by atoms with Crippen molar-refractivity contribution in [2.75, 3.05) is 26.3 Å². The topological polar surface area (TPSA) is 21.3 Å². The SMILES string of the molecule is CC.CCCCCOCCCCNCCC. The highest BCUT2D eigenvalue weighted by atomic mass is 16.5. The number of ether oxygens (including phenoxy) is 1. The van der Waals surface area contributed by atoms with Gasteiger partial charge in [0.05, 0.1) is 0 Å². The highest BCUT2D eigenvalue weighted by Gasteiger charge is 1.90. The highest BCUT2D eigenvalue weighted by molar-refractivity contribution is 4.46. The van der Waals surface area contributed by atoms with Crippen LogP contribution in [0.5, 0.6) is 0 Å². The molecule has 16 heavy (non-hydrogen) atoms. The number of hydrogen-bond donors (Lipinski definition) is 1. The number of unbranched alkanes of at least 4 members (excludes halogenated alkanes) is 3. The lowest BCUT2D eigenvalue weighted by molar-refractivity contribution is 0.126. The average molecular weight is 231 g/mol. The van der Waals surface area contributed by atoms with Crippen molar-refractivity contribution >= 4 is 0 Å². The van der Waals surface area contributed by atoms with Crippen LogP contribution in [-0.2, 0) is 4.74 Å². The van der Waals surface area contributed by atoms with Gasteiger partial charge in [0.2, 0.25) is 0 Å². The van der Waals surface area contributed by atoms with Gasteiger partial charge in [0.25, 0.3) is 0 Å². The molecule has 0 heterocycles. The molecule has 2 nitrogen and oxygen atoms in total. The lowest BCUT2D eigenvalue weighted by Gasteiger charge is -2.04. The van der Waals surface area contributed by atoms with E-state index in [0.29, 0.717) is 0 Å². The summed E-state index contributed by atoms with van der Waals surface area (Å²) in [6.45, 7) is 12.6. The third-order valence-electron chi connectivity index (χ3n) is 2.21. The maximum absolute atomic E-state index is 5.51. The Morgan fingerprint density at radius 2 is 1.38 bits per heavy atom. The van der Waals surface area contributed by atoms with Crippen molar-refractivity contribution in [3.63, 3.8) is 0 Å². The largest absolute Gasteiger partial charge is 0.381 e. The second-order valence-electron chi connectivity index (χ2n) is 3.78. The molecule has 0 radical (unpaired) electrons. The standard InChI is InChI=1S/C12H27NO.C2H6/c1-3-5-7-11-14-12-8-6-10-13-9-4-2;1-2/h13H,3-12H2,1-2H3;1-2H3. The second-order valence-corrected chi connectivity index (χ2v) is 3.78. The summed E-state index contributed by atoms with van der Waals surface area (Å²) < 4.78 is 5.51. The minimum absolute atomic E-state index is 0.942. The van der Waals surface area contributed by atoms with Crippen LogP contribution in [0.25, 0.3) is 0 Å². The fraction of sp³-hybridized carbons (Fsp3) is 1.00. The lowest BCUT2D eigenvalue weighted by atomic mass is 10.3. The zero-order valence-corrected chi connectivity index (χ0v) is 12.0. The van der Waals surface area contributed by atoms with Gasteiger partial charge in [0.1, 0.15) is 0 Å². The molecular formula is C14H33NO. The molecule has 0 saturated carbocycles. The normalized spacial score (nSPS) is 9.75. The molecular weight excluding hydrogens is 198 g/mol. The maximum atomic E-state index is 5.51. The van der Waals surface area contributed by atoms with Crippen LogP contribution in [0.15, 0.2) is 0 Å². The van der Waals surface area contributed by atoms with Crippen molar-refractivity contribution in [2.45, 2.75) is 66.2 Å². The minimum Gasteiger partial charge on any atom is -0.381 e. The minimum atomic E-state index is 0.942. The van der Waals surface area contributed by atoms with E-state index in [1.165, 1.54) is 38.5 Å². The van der Waals surface area contributed by atoms with Gasteiger partial charge in [-0.1, -0.05) is 40.5 Å². The summed E-state index contributed by atoms with van der Waals surface area (Å²) in [7, 11) is 0. The number of nitrogens with one attached hydrogen (secondary N) is 1. The van der Waals surface area contributed by atoms with Gasteiger partial charge in [-0.15, -0.1) is 0 Å². The predicted octanol–water partition coefficient (Wildman–Crippen LogP) is 4.00. The van der Waals surface area contributed by atoms with Crippen LogP contribution < -0.4 is 5.32 Å². The predicted molar refractivity (Wildman–Crippen MR) is 74.1 cm³/mol. The van der Waals surface area contributed by atoms with Crippen LogP contribution in [0.2, 0.25) is 0 Å². The van der Waals surface area contributed by atoms with Crippen LogP contribution >= 0.6 is 0 Å². The lowest BCUT2D eigenvalue weighted by Crippen LogP contribution is -2.16. The van der Waals surface area contributed by atoms with Gasteiger partial charge in [-0.2, -0.15) is 0 Å². The van der Waals surface area contributed by atoms with Gasteiger partial charge in [0.15, 0.2) is 0 Å². The monoisotopic (exact) mass is 231 g/mol. The molecule has 0 fully saturated rings. The summed E-state index contributed by atoms with van der Waals surface area (Å²) in [4.78, 5) is 0. The third kappa shape index (κ3) is 19.5. The fourth-order valence-corrected chi connectivity index (χ4v) is 1.31. The van der Waals surface area contributed by atoms with Gasteiger partial charge >= 0.3 is 0 Å².